The van der Waals surface area contributed by atoms with Crippen molar-refractivity contribution in [3.63, 3.8) is 0 Å². The Labute approximate surface area is 137 Å². The van der Waals surface area contributed by atoms with Crippen LogP contribution >= 0.6 is 22.9 Å². The van der Waals surface area contributed by atoms with Gasteiger partial charge in [-0.3, -0.25) is 4.79 Å². The minimum atomic E-state index is -0.207. The molecule has 22 heavy (non-hydrogen) atoms. The van der Waals surface area contributed by atoms with Crippen molar-refractivity contribution in [1.29, 1.82) is 0 Å². The van der Waals surface area contributed by atoms with Crippen LogP contribution in [0.1, 0.15) is 15.4 Å². The number of amides is 1. The lowest BCUT2D eigenvalue weighted by molar-refractivity contribution is 0.0958. The summed E-state index contributed by atoms with van der Waals surface area (Å²) in [5.74, 6) is 5.65. The van der Waals surface area contributed by atoms with Crippen LogP contribution in [-0.2, 0) is 0 Å². The molecular formula is C17H11ClN2OS. The van der Waals surface area contributed by atoms with E-state index in [-0.39, 0.29) is 12.5 Å². The zero-order valence-corrected chi connectivity index (χ0v) is 13.0. The minimum absolute atomic E-state index is 0.207. The molecule has 1 heterocycles. The number of fused-ring (bicyclic) bond motifs is 1. The van der Waals surface area contributed by atoms with Gasteiger partial charge in [0.1, 0.15) is 0 Å². The van der Waals surface area contributed by atoms with Crippen molar-refractivity contribution in [2.24, 2.45) is 0 Å². The summed E-state index contributed by atoms with van der Waals surface area (Å²) in [4.78, 5) is 16.3. The molecule has 108 valence electrons. The van der Waals surface area contributed by atoms with Crippen LogP contribution in [0.25, 0.3) is 10.2 Å². The predicted octanol–water partition coefficient (Wildman–Crippen LogP) is 3.73. The van der Waals surface area contributed by atoms with Gasteiger partial charge in [0.2, 0.25) is 0 Å². The molecule has 0 aliphatic carbocycles. The maximum absolute atomic E-state index is 12.0. The maximum Gasteiger partial charge on any atom is 0.281 e. The Bertz CT molecular complexity index is 859. The maximum atomic E-state index is 12.0. The molecular weight excluding hydrogens is 316 g/mol. The first-order valence-corrected chi connectivity index (χ1v) is 7.80. The zero-order valence-electron chi connectivity index (χ0n) is 11.5. The highest BCUT2D eigenvalue weighted by molar-refractivity contribution is 7.20. The molecule has 0 radical (unpaired) electrons. The summed E-state index contributed by atoms with van der Waals surface area (Å²) >= 11 is 7.26. The van der Waals surface area contributed by atoms with E-state index in [1.54, 1.807) is 12.1 Å². The second kappa shape index (κ2) is 6.61. The van der Waals surface area contributed by atoms with Crippen LogP contribution in [0.3, 0.4) is 0 Å². The van der Waals surface area contributed by atoms with Gasteiger partial charge in [0.05, 0.1) is 16.8 Å². The van der Waals surface area contributed by atoms with Crippen LogP contribution in [0, 0.1) is 11.8 Å². The summed E-state index contributed by atoms with van der Waals surface area (Å²) in [6.07, 6.45) is 0. The molecule has 1 aromatic heterocycles. The number of benzene rings is 2. The largest absolute Gasteiger partial charge is 0.339 e. The quantitative estimate of drug-likeness (QED) is 0.729. The van der Waals surface area contributed by atoms with Crippen LogP contribution in [0.2, 0.25) is 5.02 Å². The summed E-state index contributed by atoms with van der Waals surface area (Å²) in [5, 5.41) is 3.84. The van der Waals surface area contributed by atoms with E-state index in [9.17, 15) is 4.79 Å². The van der Waals surface area contributed by atoms with Crippen molar-refractivity contribution in [3.8, 4) is 11.8 Å². The van der Waals surface area contributed by atoms with Gasteiger partial charge in [-0.05, 0) is 30.3 Å². The fourth-order valence-electron chi connectivity index (χ4n) is 1.88. The average molecular weight is 327 g/mol. The molecule has 0 aliphatic rings. The minimum Gasteiger partial charge on any atom is -0.339 e. The van der Waals surface area contributed by atoms with Gasteiger partial charge in [-0.15, -0.1) is 11.3 Å². The SMILES string of the molecule is O=C(NCC#Cc1cccc(Cl)c1)c1nc2ccccc2s1. The lowest BCUT2D eigenvalue weighted by Gasteiger charge is -1.96. The van der Waals surface area contributed by atoms with Crippen LogP contribution in [0.15, 0.2) is 48.5 Å². The van der Waals surface area contributed by atoms with Crippen molar-refractivity contribution in [1.82, 2.24) is 10.3 Å². The number of hydrogen-bond acceptors (Lipinski definition) is 3. The fourth-order valence-corrected chi connectivity index (χ4v) is 2.95. The first-order chi connectivity index (χ1) is 10.7. The highest BCUT2D eigenvalue weighted by Gasteiger charge is 2.10. The summed E-state index contributed by atoms with van der Waals surface area (Å²) in [5.41, 5.74) is 1.66. The Hall–Kier alpha value is -2.35. The number of rotatable bonds is 2. The molecule has 0 saturated carbocycles. The van der Waals surface area contributed by atoms with Gasteiger partial charge < -0.3 is 5.32 Å². The van der Waals surface area contributed by atoms with Crippen molar-refractivity contribution in [3.05, 3.63) is 64.1 Å². The lowest BCUT2D eigenvalue weighted by Crippen LogP contribution is -2.23. The zero-order chi connectivity index (χ0) is 15.4. The Balaban J connectivity index is 1.63. The van der Waals surface area contributed by atoms with Gasteiger partial charge in [0.15, 0.2) is 5.01 Å². The van der Waals surface area contributed by atoms with Crippen molar-refractivity contribution in [2.75, 3.05) is 6.54 Å². The topological polar surface area (TPSA) is 42.0 Å². The van der Waals surface area contributed by atoms with Crippen molar-refractivity contribution >= 4 is 39.1 Å². The molecule has 0 fully saturated rings. The second-order valence-electron chi connectivity index (χ2n) is 4.48. The van der Waals surface area contributed by atoms with Gasteiger partial charge in [0, 0.05) is 10.6 Å². The molecule has 0 atom stereocenters. The standard InChI is InChI=1S/C17H11ClN2OS/c18-13-7-3-5-12(11-13)6-4-10-19-16(21)17-20-14-8-1-2-9-15(14)22-17/h1-3,5,7-9,11H,10H2,(H,19,21). The van der Waals surface area contributed by atoms with E-state index in [0.29, 0.717) is 10.0 Å². The van der Waals surface area contributed by atoms with Gasteiger partial charge >= 0.3 is 0 Å². The molecule has 0 spiro atoms. The highest BCUT2D eigenvalue weighted by atomic mass is 35.5. The lowest BCUT2D eigenvalue weighted by atomic mass is 10.2. The Morgan fingerprint density at radius 3 is 2.91 bits per heavy atom. The Morgan fingerprint density at radius 2 is 2.09 bits per heavy atom. The number of nitrogens with zero attached hydrogens (tertiary/aromatic N) is 1. The van der Waals surface area contributed by atoms with Gasteiger partial charge in [-0.2, -0.15) is 0 Å². The molecule has 1 amide bonds. The van der Waals surface area contributed by atoms with E-state index in [1.165, 1.54) is 11.3 Å². The third-order valence-corrected chi connectivity index (χ3v) is 4.15. The summed E-state index contributed by atoms with van der Waals surface area (Å²) < 4.78 is 0.998. The summed E-state index contributed by atoms with van der Waals surface area (Å²) in [7, 11) is 0. The number of nitrogens with one attached hydrogen (secondary N) is 1. The van der Waals surface area contributed by atoms with Gasteiger partial charge in [-0.25, -0.2) is 4.98 Å². The number of hydrogen-bond donors (Lipinski definition) is 1. The first kappa shape index (κ1) is 14.6. The van der Waals surface area contributed by atoms with Crippen LogP contribution in [0.4, 0.5) is 0 Å². The fraction of sp³-hybridized carbons (Fsp3) is 0.0588. The van der Waals surface area contributed by atoms with Crippen molar-refractivity contribution < 1.29 is 4.79 Å². The molecule has 0 unspecified atom stereocenters. The number of halogens is 1. The summed E-state index contributed by atoms with van der Waals surface area (Å²) in [6.45, 7) is 0.265. The molecule has 0 saturated heterocycles. The number of carbonyl (C=O) groups is 1. The predicted molar refractivity (Wildman–Crippen MR) is 90.3 cm³/mol. The molecule has 1 N–H and O–H groups in total. The molecule has 2 aromatic carbocycles. The monoisotopic (exact) mass is 326 g/mol. The van der Waals surface area contributed by atoms with E-state index < -0.39 is 0 Å². The van der Waals surface area contributed by atoms with Crippen LogP contribution in [0.5, 0.6) is 0 Å². The molecule has 3 aromatic rings. The summed E-state index contributed by atoms with van der Waals surface area (Å²) in [6, 6.07) is 15.0. The number of aromatic nitrogens is 1. The first-order valence-electron chi connectivity index (χ1n) is 6.60. The van der Waals surface area contributed by atoms with Crippen LogP contribution < -0.4 is 5.32 Å². The van der Waals surface area contributed by atoms with E-state index >= 15 is 0 Å². The molecule has 5 heteroatoms. The number of thiazole rings is 1. The Morgan fingerprint density at radius 1 is 1.23 bits per heavy atom. The Kier molecular flexibility index (Phi) is 4.38. The second-order valence-corrected chi connectivity index (χ2v) is 5.95. The third kappa shape index (κ3) is 3.45. The number of para-hydroxylation sites is 1. The van der Waals surface area contributed by atoms with E-state index in [0.717, 1.165) is 15.8 Å². The van der Waals surface area contributed by atoms with Crippen LogP contribution in [-0.4, -0.2) is 17.4 Å². The van der Waals surface area contributed by atoms with E-state index in [2.05, 4.69) is 22.1 Å². The number of carbonyl (C=O) groups excluding carboxylic acids is 1. The molecule has 0 aliphatic heterocycles. The van der Waals surface area contributed by atoms with Crippen molar-refractivity contribution in [2.45, 2.75) is 0 Å². The van der Waals surface area contributed by atoms with E-state index in [1.807, 2.05) is 36.4 Å². The normalized spacial score (nSPS) is 10.0. The molecule has 3 nitrogen and oxygen atoms in total. The average Bonchev–Trinajstić information content (AvgIpc) is 2.95. The van der Waals surface area contributed by atoms with E-state index in [4.69, 9.17) is 11.6 Å². The van der Waals surface area contributed by atoms with Gasteiger partial charge in [0.25, 0.3) is 5.91 Å². The smallest absolute Gasteiger partial charge is 0.281 e. The molecule has 3 rings (SSSR count). The van der Waals surface area contributed by atoms with Gasteiger partial charge in [-0.1, -0.05) is 41.6 Å². The highest BCUT2D eigenvalue weighted by Crippen LogP contribution is 2.21. The third-order valence-electron chi connectivity index (χ3n) is 2.88. The molecule has 0 bridgehead atoms.